The van der Waals surface area contributed by atoms with Crippen molar-refractivity contribution in [2.75, 3.05) is 0 Å². The lowest BCUT2D eigenvalue weighted by Crippen LogP contribution is -2.04. The van der Waals surface area contributed by atoms with Crippen LogP contribution in [0.1, 0.15) is 11.1 Å². The molecule has 9 aromatic rings. The van der Waals surface area contributed by atoms with Crippen LogP contribution < -0.4 is 0 Å². The molecule has 0 fully saturated rings. The number of alkyl halides is 6. The van der Waals surface area contributed by atoms with Crippen LogP contribution in [0.3, 0.4) is 0 Å². The van der Waals surface area contributed by atoms with E-state index >= 15 is 0 Å². The molecule has 7 aromatic carbocycles. The summed E-state index contributed by atoms with van der Waals surface area (Å²) in [6, 6.07) is 45.3. The molecular weight excluding hydrogens is 695 g/mol. The maximum Gasteiger partial charge on any atom is 0.416 e. The molecule has 0 N–H and O–H groups in total. The summed E-state index contributed by atoms with van der Waals surface area (Å²) in [4.78, 5) is 10.4. The number of hydrogen-bond acceptors (Lipinski definition) is 2. The number of benzene rings is 7. The minimum Gasteiger partial charge on any atom is -0.245 e. The number of nitrogens with zero attached hydrogens (tertiary/aromatic N) is 2. The van der Waals surface area contributed by atoms with Gasteiger partial charge in [0.25, 0.3) is 0 Å². The number of halogens is 6. The minimum absolute atomic E-state index is 0.504. The van der Waals surface area contributed by atoms with E-state index in [0.29, 0.717) is 55.4 Å². The first-order valence-corrected chi connectivity index (χ1v) is 17.1. The first kappa shape index (κ1) is 33.3. The molecule has 0 radical (unpaired) electrons. The molecule has 0 bridgehead atoms. The van der Waals surface area contributed by atoms with Gasteiger partial charge in [-0.1, -0.05) is 109 Å². The number of rotatable bonds is 4. The highest BCUT2D eigenvalue weighted by molar-refractivity contribution is 6.13. The van der Waals surface area contributed by atoms with Crippen LogP contribution in [0.25, 0.3) is 88.1 Å². The molecule has 54 heavy (non-hydrogen) atoms. The second-order valence-electron chi connectivity index (χ2n) is 13.2. The first-order chi connectivity index (χ1) is 26.0. The summed E-state index contributed by atoms with van der Waals surface area (Å²) >= 11 is 0. The van der Waals surface area contributed by atoms with Crippen LogP contribution in [0.2, 0.25) is 0 Å². The summed E-state index contributed by atoms with van der Waals surface area (Å²) in [5, 5.41) is 5.39. The highest BCUT2D eigenvalue weighted by atomic mass is 19.4. The van der Waals surface area contributed by atoms with Crippen molar-refractivity contribution in [2.45, 2.75) is 12.4 Å². The van der Waals surface area contributed by atoms with Crippen LogP contribution in [0, 0.1) is 0 Å². The Morgan fingerprint density at radius 3 is 1.06 bits per heavy atom. The fourth-order valence-corrected chi connectivity index (χ4v) is 7.12. The third-order valence-corrected chi connectivity index (χ3v) is 9.90. The zero-order valence-electron chi connectivity index (χ0n) is 28.2. The Kier molecular flexibility index (Phi) is 7.74. The zero-order valence-corrected chi connectivity index (χ0v) is 28.2. The number of fused-ring (bicyclic) bond motifs is 5. The average Bonchev–Trinajstić information content (AvgIpc) is 3.19. The SMILES string of the molecule is FC(F)(F)c1ccc(-c2cc(-c3ccc4ccccc4c3)nc3c2ccc2c(-c4ccc(C(F)(F)F)cc4)cc(-c4ccc5ccccc5c4)nc23)cc1. The van der Waals surface area contributed by atoms with Crippen molar-refractivity contribution in [2.24, 2.45) is 0 Å². The molecule has 0 saturated carbocycles. The van der Waals surface area contributed by atoms with Gasteiger partial charge in [0.15, 0.2) is 0 Å². The van der Waals surface area contributed by atoms with E-state index in [4.69, 9.17) is 9.97 Å². The molecule has 8 heteroatoms. The van der Waals surface area contributed by atoms with Gasteiger partial charge >= 0.3 is 12.4 Å². The fraction of sp³-hybridized carbons (Fsp3) is 0.0435. The number of pyridine rings is 2. The first-order valence-electron chi connectivity index (χ1n) is 17.1. The largest absolute Gasteiger partial charge is 0.416 e. The second-order valence-corrected chi connectivity index (χ2v) is 13.2. The smallest absolute Gasteiger partial charge is 0.245 e. The highest BCUT2D eigenvalue weighted by Gasteiger charge is 2.31. The van der Waals surface area contributed by atoms with Crippen LogP contribution in [-0.2, 0) is 12.4 Å². The molecule has 2 nitrogen and oxygen atoms in total. The Labute approximate surface area is 305 Å². The van der Waals surface area contributed by atoms with Crippen LogP contribution in [0.5, 0.6) is 0 Å². The zero-order chi connectivity index (χ0) is 37.2. The maximum absolute atomic E-state index is 13.6. The van der Waals surface area contributed by atoms with E-state index in [9.17, 15) is 26.3 Å². The molecule has 0 unspecified atom stereocenters. The van der Waals surface area contributed by atoms with E-state index in [1.54, 1.807) is 0 Å². The lowest BCUT2D eigenvalue weighted by Gasteiger charge is -2.16. The Bertz CT molecular complexity index is 2690. The Balaban J connectivity index is 1.35. The average molecular weight is 721 g/mol. The summed E-state index contributed by atoms with van der Waals surface area (Å²) < 4.78 is 81.7. The van der Waals surface area contributed by atoms with E-state index in [1.807, 2.05) is 109 Å². The molecule has 0 atom stereocenters. The third kappa shape index (κ3) is 5.99. The van der Waals surface area contributed by atoms with Gasteiger partial charge in [0.1, 0.15) is 0 Å². The molecule has 0 spiro atoms. The van der Waals surface area contributed by atoms with Crippen LogP contribution in [0.15, 0.2) is 158 Å². The van der Waals surface area contributed by atoms with Crippen molar-refractivity contribution >= 4 is 43.4 Å². The van der Waals surface area contributed by atoms with Gasteiger partial charge in [-0.15, -0.1) is 0 Å². The van der Waals surface area contributed by atoms with Crippen molar-refractivity contribution in [3.8, 4) is 44.8 Å². The summed E-state index contributed by atoms with van der Waals surface area (Å²) in [5.74, 6) is 0. The van der Waals surface area contributed by atoms with Gasteiger partial charge in [0, 0.05) is 21.9 Å². The second kappa shape index (κ2) is 12.6. The topological polar surface area (TPSA) is 25.8 Å². The Hall–Kier alpha value is -6.54. The van der Waals surface area contributed by atoms with E-state index in [0.717, 1.165) is 56.9 Å². The Morgan fingerprint density at radius 2 is 0.685 bits per heavy atom. The normalized spacial score (nSPS) is 12.3. The van der Waals surface area contributed by atoms with Crippen LogP contribution >= 0.6 is 0 Å². The third-order valence-electron chi connectivity index (χ3n) is 9.90. The summed E-state index contributed by atoms with van der Waals surface area (Å²) in [5.41, 5.74) is 4.71. The molecular formula is C46H26F6N2. The van der Waals surface area contributed by atoms with E-state index in [1.165, 1.54) is 24.3 Å². The molecule has 0 aliphatic heterocycles. The van der Waals surface area contributed by atoms with Gasteiger partial charge in [-0.25, -0.2) is 9.97 Å². The van der Waals surface area contributed by atoms with Gasteiger partial charge in [-0.05, 0) is 92.3 Å². The highest BCUT2D eigenvalue weighted by Crippen LogP contribution is 2.41. The van der Waals surface area contributed by atoms with Crippen LogP contribution in [-0.4, -0.2) is 9.97 Å². The number of hydrogen-bond donors (Lipinski definition) is 0. The van der Waals surface area contributed by atoms with Gasteiger partial charge < -0.3 is 0 Å². The molecule has 0 aliphatic carbocycles. The van der Waals surface area contributed by atoms with Gasteiger partial charge in [-0.2, -0.15) is 26.3 Å². The van der Waals surface area contributed by atoms with Crippen molar-refractivity contribution < 1.29 is 26.3 Å². The molecule has 9 rings (SSSR count). The summed E-state index contributed by atoms with van der Waals surface area (Å²) in [6.07, 6.45) is -8.99. The van der Waals surface area contributed by atoms with Gasteiger partial charge in [0.2, 0.25) is 0 Å². The maximum atomic E-state index is 13.6. The van der Waals surface area contributed by atoms with Gasteiger partial charge in [0.05, 0.1) is 33.5 Å². The van der Waals surface area contributed by atoms with Gasteiger partial charge in [-0.3, -0.25) is 0 Å². The summed E-state index contributed by atoms with van der Waals surface area (Å²) in [7, 11) is 0. The number of aromatic nitrogens is 2. The quantitative estimate of drug-likeness (QED) is 0.134. The van der Waals surface area contributed by atoms with Crippen molar-refractivity contribution in [3.63, 3.8) is 0 Å². The fourth-order valence-electron chi connectivity index (χ4n) is 7.12. The predicted octanol–water partition coefficient (Wildman–Crippen LogP) is 13.8. The molecule has 0 aliphatic rings. The lowest BCUT2D eigenvalue weighted by molar-refractivity contribution is -0.138. The molecule has 0 saturated heterocycles. The monoisotopic (exact) mass is 720 g/mol. The van der Waals surface area contributed by atoms with Crippen molar-refractivity contribution in [1.29, 1.82) is 0 Å². The van der Waals surface area contributed by atoms with Crippen molar-refractivity contribution in [3.05, 3.63) is 169 Å². The molecule has 262 valence electrons. The molecule has 0 amide bonds. The van der Waals surface area contributed by atoms with E-state index < -0.39 is 23.5 Å². The lowest BCUT2D eigenvalue weighted by atomic mass is 9.93. The van der Waals surface area contributed by atoms with E-state index in [2.05, 4.69) is 0 Å². The Morgan fingerprint density at radius 1 is 0.333 bits per heavy atom. The standard InChI is InChI=1S/C46H26F6N2/c47-45(48,49)35-17-13-29(14-18-35)39-25-41(33-11-9-27-5-1-3-7-31(27)23-33)53-43-37(39)21-22-38-40(30-15-19-36(20-16-30)46(50,51)52)26-42(54-44(38)43)34-12-10-28-6-2-4-8-32(28)24-34/h1-26H. The predicted molar refractivity (Wildman–Crippen MR) is 204 cm³/mol. The van der Waals surface area contributed by atoms with Crippen LogP contribution in [0.4, 0.5) is 26.3 Å². The molecule has 2 heterocycles. The molecule has 2 aromatic heterocycles. The van der Waals surface area contributed by atoms with Crippen molar-refractivity contribution in [1.82, 2.24) is 9.97 Å². The minimum atomic E-state index is -4.50. The van der Waals surface area contributed by atoms with E-state index in [-0.39, 0.29) is 0 Å². The summed E-state index contributed by atoms with van der Waals surface area (Å²) in [6.45, 7) is 0.